The lowest BCUT2D eigenvalue weighted by Gasteiger charge is -2.04. The predicted molar refractivity (Wildman–Crippen MR) is 74.9 cm³/mol. The van der Waals surface area contributed by atoms with Crippen LogP contribution in [0.1, 0.15) is 11.3 Å². The molecular formula is C12H8F3N3S2. The fourth-order valence-corrected chi connectivity index (χ4v) is 3.72. The Morgan fingerprint density at radius 3 is 2.50 bits per heavy atom. The Morgan fingerprint density at radius 1 is 1.15 bits per heavy atom. The summed E-state index contributed by atoms with van der Waals surface area (Å²) >= 11 is 2.62. The first kappa shape index (κ1) is 13.3. The number of benzene rings is 1. The lowest BCUT2D eigenvalue weighted by Crippen LogP contribution is -2.03. The van der Waals surface area contributed by atoms with Crippen molar-refractivity contribution in [2.45, 2.75) is 13.1 Å². The monoisotopic (exact) mass is 315 g/mol. The maximum absolute atomic E-state index is 12.7. The zero-order valence-corrected chi connectivity index (χ0v) is 11.8. The highest BCUT2D eigenvalue weighted by molar-refractivity contribution is 7.26. The van der Waals surface area contributed by atoms with Crippen LogP contribution in [-0.2, 0) is 6.18 Å². The zero-order valence-electron chi connectivity index (χ0n) is 10.2. The molecule has 0 aliphatic heterocycles. The highest BCUT2D eigenvalue weighted by Gasteiger charge is 2.30. The summed E-state index contributed by atoms with van der Waals surface area (Å²) in [7, 11) is 0. The molecule has 1 aromatic carbocycles. The number of aromatic nitrogens is 2. The molecule has 0 saturated carbocycles. The molecule has 8 heteroatoms. The highest BCUT2D eigenvalue weighted by atomic mass is 32.1. The minimum Gasteiger partial charge on any atom is -0.375 e. The maximum Gasteiger partial charge on any atom is 0.416 e. The summed E-state index contributed by atoms with van der Waals surface area (Å²) in [5.74, 6) is 0. The molecule has 3 rings (SSSR count). The number of nitrogens with zero attached hydrogens (tertiary/aromatic N) is 2. The van der Waals surface area contributed by atoms with E-state index in [1.807, 2.05) is 0 Å². The molecule has 0 amide bonds. The van der Waals surface area contributed by atoms with Gasteiger partial charge in [-0.25, -0.2) is 9.97 Å². The van der Waals surface area contributed by atoms with E-state index >= 15 is 0 Å². The van der Waals surface area contributed by atoms with Gasteiger partial charge in [0.15, 0.2) is 5.13 Å². The van der Waals surface area contributed by atoms with Gasteiger partial charge in [-0.3, -0.25) is 0 Å². The van der Waals surface area contributed by atoms with Crippen LogP contribution >= 0.6 is 22.7 Å². The fraction of sp³-hybridized carbons (Fsp3) is 0.167. The van der Waals surface area contributed by atoms with Crippen LogP contribution in [0.25, 0.3) is 20.1 Å². The number of alkyl halides is 3. The first-order valence-corrected chi connectivity index (χ1v) is 7.19. The number of fused-ring (bicyclic) bond motifs is 1. The SMILES string of the molecule is Cc1nc(N)sc1-c1nc2cc(C(F)(F)F)ccc2s1. The lowest BCUT2D eigenvalue weighted by molar-refractivity contribution is -0.137. The van der Waals surface area contributed by atoms with Gasteiger partial charge in [-0.2, -0.15) is 13.2 Å². The van der Waals surface area contributed by atoms with Crippen LogP contribution in [0.5, 0.6) is 0 Å². The van der Waals surface area contributed by atoms with Crippen LogP contribution in [0.4, 0.5) is 18.3 Å². The second-order valence-corrected chi connectivity index (χ2v) is 6.23. The van der Waals surface area contributed by atoms with Gasteiger partial charge in [-0.05, 0) is 25.1 Å². The van der Waals surface area contributed by atoms with Gasteiger partial charge < -0.3 is 5.73 Å². The molecule has 0 spiro atoms. The van der Waals surface area contributed by atoms with E-state index in [1.54, 1.807) is 6.92 Å². The molecular weight excluding hydrogens is 307 g/mol. The lowest BCUT2D eigenvalue weighted by atomic mass is 10.2. The van der Waals surface area contributed by atoms with Crippen LogP contribution in [0.15, 0.2) is 18.2 Å². The zero-order chi connectivity index (χ0) is 14.5. The minimum absolute atomic E-state index is 0.339. The fourth-order valence-electron chi connectivity index (χ4n) is 1.82. The molecule has 20 heavy (non-hydrogen) atoms. The summed E-state index contributed by atoms with van der Waals surface area (Å²) < 4.78 is 38.7. The van der Waals surface area contributed by atoms with Crippen LogP contribution < -0.4 is 5.73 Å². The summed E-state index contributed by atoms with van der Waals surface area (Å²) in [6.07, 6.45) is -4.36. The maximum atomic E-state index is 12.7. The second kappa shape index (κ2) is 4.42. The van der Waals surface area contributed by atoms with Crippen molar-refractivity contribution in [1.29, 1.82) is 0 Å². The summed E-state index contributed by atoms with van der Waals surface area (Å²) in [5.41, 5.74) is 6.01. The third-order valence-electron chi connectivity index (χ3n) is 2.72. The molecule has 0 unspecified atom stereocenters. The number of aryl methyl sites for hydroxylation is 1. The number of nitrogen functional groups attached to an aromatic ring is 1. The Labute approximate surface area is 119 Å². The summed E-state index contributed by atoms with van der Waals surface area (Å²) in [5, 5.41) is 1.07. The third-order valence-corrected chi connectivity index (χ3v) is 4.90. The van der Waals surface area contributed by atoms with Crippen molar-refractivity contribution in [3.8, 4) is 9.88 Å². The molecule has 0 fully saturated rings. The van der Waals surface area contributed by atoms with Crippen molar-refractivity contribution in [3.05, 3.63) is 29.5 Å². The van der Waals surface area contributed by atoms with Crippen LogP contribution in [-0.4, -0.2) is 9.97 Å². The minimum atomic E-state index is -4.36. The number of nitrogens with two attached hydrogens (primary N) is 1. The quantitative estimate of drug-likeness (QED) is 0.727. The van der Waals surface area contributed by atoms with Crippen molar-refractivity contribution in [2.24, 2.45) is 0 Å². The van der Waals surface area contributed by atoms with Gasteiger partial charge in [0, 0.05) is 0 Å². The van der Waals surface area contributed by atoms with E-state index in [9.17, 15) is 13.2 Å². The highest BCUT2D eigenvalue weighted by Crippen LogP contribution is 2.38. The number of hydrogen-bond donors (Lipinski definition) is 1. The molecule has 0 bridgehead atoms. The van der Waals surface area contributed by atoms with Crippen LogP contribution in [0.2, 0.25) is 0 Å². The number of thiazole rings is 2. The Morgan fingerprint density at radius 2 is 1.90 bits per heavy atom. The third kappa shape index (κ3) is 2.25. The molecule has 0 atom stereocenters. The van der Waals surface area contributed by atoms with Crippen molar-refractivity contribution < 1.29 is 13.2 Å². The average Bonchev–Trinajstić information content (AvgIpc) is 2.89. The van der Waals surface area contributed by atoms with Gasteiger partial charge in [0.25, 0.3) is 0 Å². The Bertz CT molecular complexity index is 789. The van der Waals surface area contributed by atoms with E-state index in [1.165, 1.54) is 28.7 Å². The Kier molecular flexibility index (Phi) is 2.94. The number of hydrogen-bond acceptors (Lipinski definition) is 5. The summed E-state index contributed by atoms with van der Waals surface area (Å²) in [6, 6.07) is 3.58. The molecule has 0 saturated heterocycles. The first-order valence-electron chi connectivity index (χ1n) is 5.55. The first-order chi connectivity index (χ1) is 9.34. The van der Waals surface area contributed by atoms with Gasteiger partial charge in [-0.1, -0.05) is 11.3 Å². The average molecular weight is 315 g/mol. The van der Waals surface area contributed by atoms with Crippen LogP contribution in [0, 0.1) is 6.92 Å². The van der Waals surface area contributed by atoms with Crippen molar-refractivity contribution in [3.63, 3.8) is 0 Å². The molecule has 3 nitrogen and oxygen atoms in total. The molecule has 2 N–H and O–H groups in total. The van der Waals surface area contributed by atoms with Gasteiger partial charge in [0.05, 0.1) is 26.4 Å². The number of rotatable bonds is 1. The topological polar surface area (TPSA) is 51.8 Å². The predicted octanol–water partition coefficient (Wildman–Crippen LogP) is 4.33. The molecule has 2 aromatic heterocycles. The number of halogens is 3. The summed E-state index contributed by atoms with van der Waals surface area (Å²) in [4.78, 5) is 9.17. The van der Waals surface area contributed by atoms with Crippen molar-refractivity contribution in [1.82, 2.24) is 9.97 Å². The Balaban J connectivity index is 2.14. The standard InChI is InChI=1S/C12H8F3N3S2/c1-5-9(20-11(16)17-5)10-18-7-4-6(12(13,14)15)2-3-8(7)19-10/h2-4H,1H3,(H2,16,17). The molecule has 0 aliphatic carbocycles. The van der Waals surface area contributed by atoms with E-state index in [0.717, 1.165) is 22.7 Å². The van der Waals surface area contributed by atoms with E-state index in [4.69, 9.17) is 5.73 Å². The molecule has 104 valence electrons. The summed E-state index contributed by atoms with van der Waals surface area (Å²) in [6.45, 7) is 1.80. The molecule has 0 aliphatic rings. The van der Waals surface area contributed by atoms with E-state index in [2.05, 4.69) is 9.97 Å². The van der Waals surface area contributed by atoms with Crippen molar-refractivity contribution >= 4 is 38.0 Å². The van der Waals surface area contributed by atoms with Gasteiger partial charge >= 0.3 is 6.18 Å². The van der Waals surface area contributed by atoms with E-state index in [0.29, 0.717) is 20.4 Å². The van der Waals surface area contributed by atoms with Gasteiger partial charge in [0.2, 0.25) is 0 Å². The number of anilines is 1. The second-order valence-electron chi connectivity index (χ2n) is 4.17. The van der Waals surface area contributed by atoms with Gasteiger partial charge in [-0.15, -0.1) is 11.3 Å². The largest absolute Gasteiger partial charge is 0.416 e. The van der Waals surface area contributed by atoms with Crippen LogP contribution in [0.3, 0.4) is 0 Å². The molecule has 2 heterocycles. The smallest absolute Gasteiger partial charge is 0.375 e. The Hall–Kier alpha value is -1.67. The van der Waals surface area contributed by atoms with E-state index < -0.39 is 11.7 Å². The van der Waals surface area contributed by atoms with Crippen molar-refractivity contribution in [2.75, 3.05) is 5.73 Å². The molecule has 0 radical (unpaired) electrons. The molecule has 3 aromatic rings. The normalized spacial score (nSPS) is 12.2. The van der Waals surface area contributed by atoms with Gasteiger partial charge in [0.1, 0.15) is 5.01 Å². The van der Waals surface area contributed by atoms with E-state index in [-0.39, 0.29) is 0 Å².